The molecule has 0 radical (unpaired) electrons. The highest BCUT2D eigenvalue weighted by Crippen LogP contribution is 2.10. The normalized spacial score (nSPS) is 11.6. The van der Waals surface area contributed by atoms with Gasteiger partial charge in [-0.15, -0.1) is 0 Å². The van der Waals surface area contributed by atoms with Gasteiger partial charge in [0, 0.05) is 12.8 Å². The SMILES string of the molecule is CCCCC/C=C\C/C=C\CCCCCCCC(=O)OCCOC(=O)CCCCCCC/C=C\C/C=C\CCCCC.OCCO. The van der Waals surface area contributed by atoms with Crippen molar-refractivity contribution in [3.05, 3.63) is 48.6 Å². The van der Waals surface area contributed by atoms with E-state index in [1.165, 1.54) is 77.0 Å². The third kappa shape index (κ3) is 43.9. The van der Waals surface area contributed by atoms with E-state index in [9.17, 15) is 9.59 Å². The topological polar surface area (TPSA) is 93.1 Å². The fourth-order valence-corrected chi connectivity index (χ4v) is 4.62. The van der Waals surface area contributed by atoms with E-state index in [1.54, 1.807) is 0 Å². The van der Waals surface area contributed by atoms with E-state index in [2.05, 4.69) is 62.5 Å². The van der Waals surface area contributed by atoms with Gasteiger partial charge in [-0.05, 0) is 77.0 Å². The Morgan fingerprint density at radius 2 is 0.739 bits per heavy atom. The van der Waals surface area contributed by atoms with Crippen LogP contribution in [0.1, 0.15) is 168 Å². The molecule has 0 fully saturated rings. The molecule has 0 heterocycles. The van der Waals surface area contributed by atoms with Gasteiger partial charge in [0.05, 0.1) is 13.2 Å². The molecule has 0 aliphatic carbocycles. The van der Waals surface area contributed by atoms with E-state index in [0.717, 1.165) is 64.2 Å². The molecule has 6 nitrogen and oxygen atoms in total. The van der Waals surface area contributed by atoms with Gasteiger partial charge in [0.25, 0.3) is 0 Å². The van der Waals surface area contributed by atoms with E-state index in [4.69, 9.17) is 19.7 Å². The summed E-state index contributed by atoms with van der Waals surface area (Å²) in [5.74, 6) is -0.379. The van der Waals surface area contributed by atoms with Crippen molar-refractivity contribution in [1.29, 1.82) is 0 Å². The summed E-state index contributed by atoms with van der Waals surface area (Å²) < 4.78 is 10.4. The molecule has 0 aromatic carbocycles. The zero-order chi connectivity index (χ0) is 34.0. The molecular weight excluding hydrogens is 576 g/mol. The van der Waals surface area contributed by atoms with Crippen LogP contribution in [0.2, 0.25) is 0 Å². The molecule has 0 aromatic heterocycles. The molecule has 0 atom stereocenters. The minimum atomic E-state index is -0.189. The van der Waals surface area contributed by atoms with Gasteiger partial charge >= 0.3 is 11.9 Å². The Labute approximate surface area is 283 Å². The molecule has 0 aliphatic heterocycles. The van der Waals surface area contributed by atoms with Crippen molar-refractivity contribution < 1.29 is 29.3 Å². The largest absolute Gasteiger partial charge is 0.462 e. The summed E-state index contributed by atoms with van der Waals surface area (Å²) in [5, 5.41) is 15.2. The number of esters is 2. The van der Waals surface area contributed by atoms with Gasteiger partial charge in [-0.2, -0.15) is 0 Å². The van der Waals surface area contributed by atoms with Crippen LogP contribution in [0.15, 0.2) is 48.6 Å². The van der Waals surface area contributed by atoms with Crippen LogP contribution in [0, 0.1) is 0 Å². The monoisotopic (exact) mass is 649 g/mol. The molecule has 0 rings (SSSR count). The number of ether oxygens (including phenoxy) is 2. The zero-order valence-electron chi connectivity index (χ0n) is 29.9. The molecule has 0 aromatic rings. The van der Waals surface area contributed by atoms with Crippen molar-refractivity contribution in [3.8, 4) is 0 Å². The van der Waals surface area contributed by atoms with E-state index < -0.39 is 0 Å². The summed E-state index contributed by atoms with van der Waals surface area (Å²) in [4.78, 5) is 23.7. The Hall–Kier alpha value is -2.18. The van der Waals surface area contributed by atoms with E-state index in [-0.39, 0.29) is 38.4 Å². The van der Waals surface area contributed by atoms with Crippen molar-refractivity contribution in [2.24, 2.45) is 0 Å². The Morgan fingerprint density at radius 3 is 1.07 bits per heavy atom. The number of hydrogen-bond acceptors (Lipinski definition) is 6. The van der Waals surface area contributed by atoms with Crippen molar-refractivity contribution in [3.63, 3.8) is 0 Å². The fraction of sp³-hybridized carbons (Fsp3) is 0.750. The first-order valence-electron chi connectivity index (χ1n) is 18.7. The van der Waals surface area contributed by atoms with Crippen LogP contribution in [-0.4, -0.2) is 48.6 Å². The smallest absolute Gasteiger partial charge is 0.305 e. The minimum Gasteiger partial charge on any atom is -0.462 e. The van der Waals surface area contributed by atoms with Gasteiger partial charge in [0.2, 0.25) is 0 Å². The maximum absolute atomic E-state index is 11.9. The minimum absolute atomic E-state index is 0.125. The van der Waals surface area contributed by atoms with Gasteiger partial charge in [-0.3, -0.25) is 9.59 Å². The molecular formula is C40H72O6. The van der Waals surface area contributed by atoms with Crippen LogP contribution >= 0.6 is 0 Å². The fourth-order valence-electron chi connectivity index (χ4n) is 4.62. The molecule has 2 N–H and O–H groups in total. The van der Waals surface area contributed by atoms with Crippen LogP contribution < -0.4 is 0 Å². The molecule has 0 saturated carbocycles. The predicted octanol–water partition coefficient (Wildman–Crippen LogP) is 10.7. The van der Waals surface area contributed by atoms with E-state index in [1.807, 2.05) is 0 Å². The van der Waals surface area contributed by atoms with Gasteiger partial charge in [-0.25, -0.2) is 0 Å². The summed E-state index contributed by atoms with van der Waals surface area (Å²) in [6, 6.07) is 0. The third-order valence-corrected chi connectivity index (χ3v) is 7.37. The molecule has 0 bridgehead atoms. The number of aliphatic hydroxyl groups is 2. The Bertz CT molecular complexity index is 678. The quantitative estimate of drug-likeness (QED) is 0.0428. The molecule has 0 amide bonds. The number of allylic oxidation sites excluding steroid dienone is 8. The number of carbonyl (C=O) groups excluding carboxylic acids is 2. The van der Waals surface area contributed by atoms with Gasteiger partial charge < -0.3 is 19.7 Å². The van der Waals surface area contributed by atoms with E-state index >= 15 is 0 Å². The molecule has 6 heteroatoms. The van der Waals surface area contributed by atoms with Crippen molar-refractivity contribution in [2.45, 2.75) is 168 Å². The number of unbranched alkanes of at least 4 members (excludes halogenated alkanes) is 16. The first kappa shape index (κ1) is 45.9. The maximum Gasteiger partial charge on any atom is 0.305 e. The van der Waals surface area contributed by atoms with Crippen molar-refractivity contribution in [1.82, 2.24) is 0 Å². The second-order valence-electron chi connectivity index (χ2n) is 11.8. The lowest BCUT2D eigenvalue weighted by molar-refractivity contribution is -0.152. The van der Waals surface area contributed by atoms with Crippen LogP contribution in [0.3, 0.4) is 0 Å². The second kappa shape index (κ2) is 42.8. The molecule has 0 aliphatic rings. The summed E-state index contributed by atoms with van der Waals surface area (Å²) in [7, 11) is 0. The van der Waals surface area contributed by atoms with Gasteiger partial charge in [-0.1, -0.05) is 127 Å². The third-order valence-electron chi connectivity index (χ3n) is 7.37. The number of aliphatic hydroxyl groups excluding tert-OH is 2. The Balaban J connectivity index is 0. The zero-order valence-corrected chi connectivity index (χ0v) is 29.9. The predicted molar refractivity (Wildman–Crippen MR) is 195 cm³/mol. The van der Waals surface area contributed by atoms with Crippen LogP contribution in [0.4, 0.5) is 0 Å². The van der Waals surface area contributed by atoms with Crippen LogP contribution in [0.5, 0.6) is 0 Å². The second-order valence-corrected chi connectivity index (χ2v) is 11.8. The lowest BCUT2D eigenvalue weighted by atomic mass is 10.1. The lowest BCUT2D eigenvalue weighted by Gasteiger charge is -2.07. The first-order valence-corrected chi connectivity index (χ1v) is 18.7. The Kier molecular flexibility index (Phi) is 42.8. The summed E-state index contributed by atoms with van der Waals surface area (Å²) in [5.41, 5.74) is 0. The molecule has 0 saturated heterocycles. The number of carbonyl (C=O) groups is 2. The van der Waals surface area contributed by atoms with Crippen molar-refractivity contribution >= 4 is 11.9 Å². The first-order chi connectivity index (χ1) is 22.6. The lowest BCUT2D eigenvalue weighted by Crippen LogP contribution is -2.13. The highest BCUT2D eigenvalue weighted by Gasteiger charge is 2.05. The standard InChI is InChI=1S/C38H66O4.C2H6O2/c1-3-5-7-9-11-13-15-17-19-21-23-25-27-29-31-33-37(39)41-35-36-42-38(40)34-32-30-28-26-24-22-20-18-16-14-12-10-8-6-4-2;3-1-2-4/h11-14,17-20H,3-10,15-16,21-36H2,1-2H3;3-4H,1-2H2/b13-11-,14-12-,19-17-,20-18-;. The molecule has 0 spiro atoms. The summed E-state index contributed by atoms with van der Waals surface area (Å²) in [6.45, 7) is 4.55. The van der Waals surface area contributed by atoms with Crippen molar-refractivity contribution in [2.75, 3.05) is 26.4 Å². The van der Waals surface area contributed by atoms with Crippen LogP contribution in [0.25, 0.3) is 0 Å². The average molecular weight is 649 g/mol. The molecule has 46 heavy (non-hydrogen) atoms. The molecule has 0 unspecified atom stereocenters. The van der Waals surface area contributed by atoms with Gasteiger partial charge in [0.1, 0.15) is 13.2 Å². The highest BCUT2D eigenvalue weighted by atomic mass is 16.6. The Morgan fingerprint density at radius 1 is 0.435 bits per heavy atom. The summed E-state index contributed by atoms with van der Waals surface area (Å²) >= 11 is 0. The average Bonchev–Trinajstić information content (AvgIpc) is 3.06. The van der Waals surface area contributed by atoms with Gasteiger partial charge in [0.15, 0.2) is 0 Å². The molecule has 268 valence electrons. The number of rotatable bonds is 32. The number of hydrogen-bond donors (Lipinski definition) is 2. The maximum atomic E-state index is 11.9. The van der Waals surface area contributed by atoms with E-state index in [0.29, 0.717) is 12.8 Å². The highest BCUT2D eigenvalue weighted by molar-refractivity contribution is 5.70. The van der Waals surface area contributed by atoms with Crippen LogP contribution in [-0.2, 0) is 19.1 Å². The summed E-state index contributed by atoms with van der Waals surface area (Å²) in [6.07, 6.45) is 44.8.